The number of hydrogen-bond acceptors (Lipinski definition) is 3. The van der Waals surface area contributed by atoms with Crippen molar-refractivity contribution in [1.82, 2.24) is 4.90 Å². The highest BCUT2D eigenvalue weighted by Gasteiger charge is 2.60. The Balaban J connectivity index is 0.00000387. The van der Waals surface area contributed by atoms with Gasteiger partial charge in [0.05, 0.1) is 45.4 Å². The number of piperazine rings is 1. The molecule has 1 aliphatic heterocycles. The lowest BCUT2D eigenvalue weighted by Crippen LogP contribution is -3.00. The molecule has 0 aromatic rings. The second-order valence-corrected chi connectivity index (χ2v) is 15.9. The third-order valence-corrected chi connectivity index (χ3v) is 14.1. The predicted molar refractivity (Wildman–Crippen MR) is 163 cm³/mol. The number of carbonyl (C=O) groups excluding carboxylic acids is 1. The van der Waals surface area contributed by atoms with Crippen LogP contribution in [0.3, 0.4) is 0 Å². The monoisotopic (exact) mass is 638 g/mol. The lowest BCUT2D eigenvalue weighted by Gasteiger charge is -2.61. The minimum absolute atomic E-state index is 0. The Morgan fingerprint density at radius 2 is 1.66 bits per heavy atom. The van der Waals surface area contributed by atoms with E-state index < -0.39 is 0 Å². The van der Waals surface area contributed by atoms with E-state index >= 15 is 0 Å². The van der Waals surface area contributed by atoms with Gasteiger partial charge in [-0.15, -0.1) is 0 Å². The molecule has 5 aliphatic rings. The Morgan fingerprint density at radius 1 is 0.951 bits per heavy atom. The fraction of sp³-hybridized carbons (Fsp3) is 0.971. The summed E-state index contributed by atoms with van der Waals surface area (Å²) < 4.78 is 1.00. The smallest absolute Gasteiger partial charge is 0.222 e. The molecule has 6 heteroatoms. The molecular formula is C35H63BrN2O3. The molecule has 9 atom stereocenters. The number of hydrogen-bond donors (Lipinski definition) is 2. The molecule has 4 aliphatic carbocycles. The maximum absolute atomic E-state index is 13.3. The first kappa shape index (κ1) is 33.7. The molecule has 41 heavy (non-hydrogen) atoms. The Hall–Kier alpha value is -0.170. The average molecular weight is 640 g/mol. The van der Waals surface area contributed by atoms with Crippen LogP contribution in [0.4, 0.5) is 0 Å². The summed E-state index contributed by atoms with van der Waals surface area (Å²) in [6.07, 6.45) is 17.0. The normalized spacial score (nSPS) is 40.6. The van der Waals surface area contributed by atoms with Crippen LogP contribution in [0.1, 0.15) is 118 Å². The van der Waals surface area contributed by atoms with Crippen molar-refractivity contribution in [3.63, 3.8) is 0 Å². The largest absolute Gasteiger partial charge is 1.00 e. The van der Waals surface area contributed by atoms with Crippen molar-refractivity contribution >= 4 is 5.91 Å². The van der Waals surface area contributed by atoms with Crippen LogP contribution >= 0.6 is 0 Å². The van der Waals surface area contributed by atoms with Gasteiger partial charge in [-0.3, -0.25) is 4.79 Å². The summed E-state index contributed by atoms with van der Waals surface area (Å²) in [5.74, 6) is 5.11. The molecule has 5 rings (SSSR count). The number of unbranched alkanes of at least 4 members (excludes halogenated alkanes) is 2. The molecule has 1 heterocycles. The summed E-state index contributed by atoms with van der Waals surface area (Å²) in [6, 6.07) is 0. The maximum atomic E-state index is 13.3. The number of aliphatic hydroxyl groups is 2. The topological polar surface area (TPSA) is 60.8 Å². The van der Waals surface area contributed by atoms with E-state index in [1.54, 1.807) is 0 Å². The number of amides is 1. The molecule has 4 saturated carbocycles. The number of fused-ring (bicyclic) bond motifs is 5. The van der Waals surface area contributed by atoms with E-state index in [0.29, 0.717) is 29.1 Å². The Labute approximate surface area is 262 Å². The lowest BCUT2D eigenvalue weighted by atomic mass is 9.44. The van der Waals surface area contributed by atoms with E-state index in [2.05, 4.69) is 32.6 Å². The van der Waals surface area contributed by atoms with Gasteiger partial charge in [-0.2, -0.15) is 0 Å². The maximum Gasteiger partial charge on any atom is 0.222 e. The molecule has 0 aromatic carbocycles. The third-order valence-electron chi connectivity index (χ3n) is 14.1. The number of quaternary nitrogens is 1. The number of rotatable bonds is 10. The van der Waals surface area contributed by atoms with E-state index in [9.17, 15) is 15.0 Å². The van der Waals surface area contributed by atoms with Crippen molar-refractivity contribution in [2.75, 3.05) is 45.9 Å². The minimum Gasteiger partial charge on any atom is -1.00 e. The second-order valence-electron chi connectivity index (χ2n) is 15.9. The quantitative estimate of drug-likeness (QED) is 0.285. The highest BCUT2D eigenvalue weighted by atomic mass is 79.9. The first-order chi connectivity index (χ1) is 19.2. The minimum atomic E-state index is -0.0548. The number of aliphatic hydroxyl groups excluding tert-OH is 2. The van der Waals surface area contributed by atoms with Crippen molar-refractivity contribution < 1.29 is 36.5 Å². The molecule has 0 aromatic heterocycles. The van der Waals surface area contributed by atoms with Crippen LogP contribution < -0.4 is 17.0 Å². The zero-order valence-electron chi connectivity index (χ0n) is 27.0. The first-order valence-corrected chi connectivity index (χ1v) is 17.6. The summed E-state index contributed by atoms with van der Waals surface area (Å²) in [4.78, 5) is 15.5. The van der Waals surface area contributed by atoms with Crippen LogP contribution in [-0.4, -0.2) is 77.5 Å². The molecule has 2 N–H and O–H groups in total. The van der Waals surface area contributed by atoms with Gasteiger partial charge in [-0.05, 0) is 123 Å². The summed E-state index contributed by atoms with van der Waals surface area (Å²) in [6.45, 7) is 15.9. The van der Waals surface area contributed by atoms with Crippen LogP contribution in [0.15, 0.2) is 0 Å². The number of nitrogens with zero attached hydrogens (tertiary/aromatic N) is 2. The van der Waals surface area contributed by atoms with Crippen molar-refractivity contribution in [3.8, 4) is 0 Å². The van der Waals surface area contributed by atoms with Gasteiger partial charge in [0.1, 0.15) is 6.54 Å². The zero-order chi connectivity index (χ0) is 28.5. The van der Waals surface area contributed by atoms with Crippen LogP contribution in [0.2, 0.25) is 0 Å². The van der Waals surface area contributed by atoms with E-state index in [4.69, 9.17) is 0 Å². The van der Waals surface area contributed by atoms with Gasteiger partial charge < -0.3 is 36.6 Å². The molecule has 5 fully saturated rings. The third kappa shape index (κ3) is 6.61. The van der Waals surface area contributed by atoms with Gasteiger partial charge in [0, 0.05) is 6.42 Å². The van der Waals surface area contributed by atoms with Crippen molar-refractivity contribution in [1.29, 1.82) is 0 Å². The van der Waals surface area contributed by atoms with Gasteiger partial charge in [-0.1, -0.05) is 34.1 Å². The van der Waals surface area contributed by atoms with Crippen molar-refractivity contribution in [2.24, 2.45) is 46.3 Å². The molecular weight excluding hydrogens is 576 g/mol. The average Bonchev–Trinajstić information content (AvgIpc) is 3.30. The number of carbonyl (C=O) groups is 1. The summed E-state index contributed by atoms with van der Waals surface area (Å²) >= 11 is 0. The van der Waals surface area contributed by atoms with Crippen molar-refractivity contribution in [3.05, 3.63) is 0 Å². The highest BCUT2D eigenvalue weighted by molar-refractivity contribution is 5.76. The zero-order valence-corrected chi connectivity index (χ0v) is 28.6. The van der Waals surface area contributed by atoms with Crippen LogP contribution in [0.25, 0.3) is 0 Å². The fourth-order valence-corrected chi connectivity index (χ4v) is 11.5. The SMILES string of the molecule is CCCCC[N+]1(CCO)CCN(C(=O)CCC(C)[C@H]2CCC3C4CCC5C[C@H](O)CC[C@]5(C)C4CC[C@@]32C)CC1.[Br-]. The Bertz CT molecular complexity index is 862. The van der Waals surface area contributed by atoms with Crippen molar-refractivity contribution in [2.45, 2.75) is 124 Å². The predicted octanol–water partition coefficient (Wildman–Crippen LogP) is 3.27. The molecule has 1 amide bonds. The van der Waals surface area contributed by atoms with Crippen LogP contribution in [0.5, 0.6) is 0 Å². The lowest BCUT2D eigenvalue weighted by molar-refractivity contribution is -0.932. The van der Waals surface area contributed by atoms with Gasteiger partial charge in [0.2, 0.25) is 5.91 Å². The van der Waals surface area contributed by atoms with E-state index in [1.165, 1.54) is 64.2 Å². The molecule has 0 radical (unpaired) electrons. The fourth-order valence-electron chi connectivity index (χ4n) is 11.5. The molecule has 5 nitrogen and oxygen atoms in total. The first-order valence-electron chi connectivity index (χ1n) is 17.6. The summed E-state index contributed by atoms with van der Waals surface area (Å²) in [5, 5.41) is 20.1. The van der Waals surface area contributed by atoms with Gasteiger partial charge in [0.15, 0.2) is 0 Å². The van der Waals surface area contributed by atoms with Gasteiger partial charge in [-0.25, -0.2) is 0 Å². The van der Waals surface area contributed by atoms with Crippen LogP contribution in [-0.2, 0) is 4.79 Å². The molecule has 0 bridgehead atoms. The Morgan fingerprint density at radius 3 is 2.37 bits per heavy atom. The molecule has 238 valence electrons. The van der Waals surface area contributed by atoms with Gasteiger partial charge in [0.25, 0.3) is 0 Å². The van der Waals surface area contributed by atoms with E-state index in [1.807, 2.05) is 0 Å². The number of halogens is 1. The summed E-state index contributed by atoms with van der Waals surface area (Å²) in [7, 11) is 0. The Kier molecular flexibility index (Phi) is 11.4. The molecule has 5 unspecified atom stereocenters. The van der Waals surface area contributed by atoms with Crippen LogP contribution in [0, 0.1) is 46.3 Å². The van der Waals surface area contributed by atoms with E-state index in [-0.39, 0.29) is 29.7 Å². The summed E-state index contributed by atoms with van der Waals surface area (Å²) in [5.41, 5.74) is 0.906. The molecule has 0 spiro atoms. The molecule has 1 saturated heterocycles. The standard InChI is InChI=1S/C35H63N2O3.BrH/c1-5-6-7-20-37(23-24-38)21-18-36(19-22-37)33(40)13-8-26(2)30-11-12-31-29-10-9-27-25-28(39)14-16-34(27,3)32(29)15-17-35(30,31)4;/h26-32,38-39H,5-25H2,1-4H3;1H/q+1;/p-1/t26?,27?,28-,29?,30-,31?,32?,34+,35-;/m1./s1. The van der Waals surface area contributed by atoms with E-state index in [0.717, 1.165) is 92.6 Å². The van der Waals surface area contributed by atoms with Gasteiger partial charge >= 0.3 is 0 Å². The highest BCUT2D eigenvalue weighted by Crippen LogP contribution is 2.68. The second kappa shape index (κ2) is 13.9.